The molecule has 0 aliphatic heterocycles. The SMILES string of the molecule is CCCCNc1oc(-c2ccc(OC)cc2)nc1S(=O)(=O)c1ccccc1. The van der Waals surface area contributed by atoms with E-state index in [4.69, 9.17) is 9.15 Å². The lowest BCUT2D eigenvalue weighted by molar-refractivity contribution is 0.415. The van der Waals surface area contributed by atoms with Gasteiger partial charge >= 0.3 is 0 Å². The first-order valence-electron chi connectivity index (χ1n) is 8.75. The van der Waals surface area contributed by atoms with Gasteiger partial charge in [0.1, 0.15) is 5.75 Å². The maximum absolute atomic E-state index is 13.0. The van der Waals surface area contributed by atoms with Gasteiger partial charge in [-0.25, -0.2) is 8.42 Å². The number of ether oxygens (including phenoxy) is 1. The number of benzene rings is 2. The fraction of sp³-hybridized carbons (Fsp3) is 0.250. The summed E-state index contributed by atoms with van der Waals surface area (Å²) in [6, 6.07) is 15.3. The summed E-state index contributed by atoms with van der Waals surface area (Å²) < 4.78 is 37.0. The van der Waals surface area contributed by atoms with Gasteiger partial charge in [-0.15, -0.1) is 0 Å². The number of sulfone groups is 1. The van der Waals surface area contributed by atoms with Crippen molar-refractivity contribution in [1.29, 1.82) is 0 Å². The van der Waals surface area contributed by atoms with Crippen molar-refractivity contribution in [3.8, 4) is 17.2 Å². The highest BCUT2D eigenvalue weighted by Gasteiger charge is 2.28. The van der Waals surface area contributed by atoms with E-state index in [0.717, 1.165) is 12.8 Å². The molecule has 0 saturated carbocycles. The zero-order valence-corrected chi connectivity index (χ0v) is 16.1. The summed E-state index contributed by atoms with van der Waals surface area (Å²) in [5, 5.41) is 2.97. The first-order valence-corrected chi connectivity index (χ1v) is 10.2. The first kappa shape index (κ1) is 19.0. The van der Waals surface area contributed by atoms with Crippen LogP contribution in [0.2, 0.25) is 0 Å². The van der Waals surface area contributed by atoms with Crippen LogP contribution in [0.15, 0.2) is 68.9 Å². The van der Waals surface area contributed by atoms with E-state index in [9.17, 15) is 8.42 Å². The van der Waals surface area contributed by atoms with Gasteiger partial charge in [0.15, 0.2) is 0 Å². The summed E-state index contributed by atoms with van der Waals surface area (Å²) in [5.41, 5.74) is 0.670. The van der Waals surface area contributed by atoms with Gasteiger partial charge in [-0.3, -0.25) is 0 Å². The summed E-state index contributed by atoms with van der Waals surface area (Å²) >= 11 is 0. The van der Waals surface area contributed by atoms with Crippen LogP contribution in [0.25, 0.3) is 11.5 Å². The van der Waals surface area contributed by atoms with Crippen LogP contribution in [0, 0.1) is 0 Å². The molecular weight excluding hydrogens is 364 g/mol. The lowest BCUT2D eigenvalue weighted by Gasteiger charge is -2.05. The third-order valence-electron chi connectivity index (χ3n) is 4.06. The molecule has 3 rings (SSSR count). The quantitative estimate of drug-likeness (QED) is 0.578. The number of aromatic nitrogens is 1. The number of nitrogens with zero attached hydrogens (tertiary/aromatic N) is 1. The number of hydrogen-bond acceptors (Lipinski definition) is 6. The van der Waals surface area contributed by atoms with E-state index >= 15 is 0 Å². The molecule has 142 valence electrons. The van der Waals surface area contributed by atoms with Crippen LogP contribution < -0.4 is 10.1 Å². The van der Waals surface area contributed by atoms with E-state index in [-0.39, 0.29) is 21.7 Å². The van der Waals surface area contributed by atoms with Gasteiger partial charge in [0.25, 0.3) is 0 Å². The molecule has 0 atom stereocenters. The highest BCUT2D eigenvalue weighted by Crippen LogP contribution is 2.32. The van der Waals surface area contributed by atoms with Crippen LogP contribution >= 0.6 is 0 Å². The van der Waals surface area contributed by atoms with Gasteiger partial charge in [0.05, 0.1) is 12.0 Å². The number of methoxy groups -OCH3 is 1. The zero-order chi connectivity index (χ0) is 19.3. The van der Waals surface area contributed by atoms with Crippen LogP contribution in [0.3, 0.4) is 0 Å². The smallest absolute Gasteiger partial charge is 0.233 e. The van der Waals surface area contributed by atoms with Crippen LogP contribution in [0.1, 0.15) is 19.8 Å². The molecule has 2 aromatic carbocycles. The number of rotatable bonds is 8. The Morgan fingerprint density at radius 3 is 2.41 bits per heavy atom. The molecular formula is C20H22N2O4S. The maximum Gasteiger partial charge on any atom is 0.233 e. The van der Waals surface area contributed by atoms with Gasteiger partial charge in [0.2, 0.25) is 26.6 Å². The van der Waals surface area contributed by atoms with E-state index in [1.165, 1.54) is 0 Å². The Hall–Kier alpha value is -2.80. The standard InChI is InChI=1S/C20H22N2O4S/c1-3-4-14-21-19-20(27(23,24)17-8-6-5-7-9-17)22-18(26-19)15-10-12-16(25-2)13-11-15/h5-13,21H,3-4,14H2,1-2H3. The van der Waals surface area contributed by atoms with E-state index in [0.29, 0.717) is 17.9 Å². The molecule has 7 heteroatoms. The Kier molecular flexibility index (Phi) is 5.81. The number of anilines is 1. The third kappa shape index (κ3) is 4.14. The summed E-state index contributed by atoms with van der Waals surface area (Å²) in [4.78, 5) is 4.48. The Bertz CT molecular complexity index is 981. The van der Waals surface area contributed by atoms with Crippen LogP contribution in [-0.4, -0.2) is 27.1 Å². The molecule has 0 radical (unpaired) electrons. The predicted octanol–water partition coefficient (Wildman–Crippen LogP) is 4.40. The molecule has 1 aromatic heterocycles. The van der Waals surface area contributed by atoms with Crippen LogP contribution in [0.4, 0.5) is 5.88 Å². The molecule has 0 spiro atoms. The van der Waals surface area contributed by atoms with Gasteiger partial charge in [-0.1, -0.05) is 31.5 Å². The van der Waals surface area contributed by atoms with E-state index in [1.807, 2.05) is 0 Å². The molecule has 27 heavy (non-hydrogen) atoms. The number of nitrogens with one attached hydrogen (secondary N) is 1. The van der Waals surface area contributed by atoms with Crippen molar-refractivity contribution in [2.75, 3.05) is 19.0 Å². The summed E-state index contributed by atoms with van der Waals surface area (Å²) in [7, 11) is -2.22. The minimum atomic E-state index is -3.80. The molecule has 0 fully saturated rings. The molecule has 0 aliphatic rings. The second-order valence-corrected chi connectivity index (χ2v) is 7.84. The number of unbranched alkanes of at least 4 members (excludes halogenated alkanes) is 1. The van der Waals surface area contributed by atoms with Crippen LogP contribution in [0.5, 0.6) is 5.75 Å². The fourth-order valence-electron chi connectivity index (χ4n) is 2.55. The van der Waals surface area contributed by atoms with E-state index in [2.05, 4.69) is 17.2 Å². The summed E-state index contributed by atoms with van der Waals surface area (Å²) in [5.74, 6) is 1.10. The summed E-state index contributed by atoms with van der Waals surface area (Å²) in [6.45, 7) is 2.66. The minimum Gasteiger partial charge on any atom is -0.497 e. The largest absolute Gasteiger partial charge is 0.497 e. The van der Waals surface area contributed by atoms with E-state index in [1.54, 1.807) is 61.7 Å². The predicted molar refractivity (Wildman–Crippen MR) is 104 cm³/mol. The molecule has 0 unspecified atom stereocenters. The molecule has 0 bridgehead atoms. The molecule has 1 heterocycles. The van der Waals surface area contributed by atoms with Gasteiger partial charge in [0, 0.05) is 12.1 Å². The second-order valence-electron chi connectivity index (χ2n) is 5.98. The Morgan fingerprint density at radius 1 is 1.07 bits per heavy atom. The number of oxazole rings is 1. The molecule has 0 aliphatic carbocycles. The van der Waals surface area contributed by atoms with Gasteiger partial charge in [-0.2, -0.15) is 4.98 Å². The van der Waals surface area contributed by atoms with Crippen molar-refractivity contribution < 1.29 is 17.6 Å². The third-order valence-corrected chi connectivity index (χ3v) is 5.74. The highest BCUT2D eigenvalue weighted by atomic mass is 32.2. The Balaban J connectivity index is 2.04. The normalized spacial score (nSPS) is 11.3. The lowest BCUT2D eigenvalue weighted by atomic mass is 10.2. The monoisotopic (exact) mass is 386 g/mol. The van der Waals surface area contributed by atoms with Crippen molar-refractivity contribution >= 4 is 15.7 Å². The van der Waals surface area contributed by atoms with Crippen molar-refractivity contribution in [3.63, 3.8) is 0 Å². The lowest BCUT2D eigenvalue weighted by Crippen LogP contribution is -2.08. The molecule has 6 nitrogen and oxygen atoms in total. The van der Waals surface area contributed by atoms with Crippen molar-refractivity contribution in [1.82, 2.24) is 4.98 Å². The highest BCUT2D eigenvalue weighted by molar-refractivity contribution is 7.91. The second kappa shape index (κ2) is 8.26. The maximum atomic E-state index is 13.0. The fourth-order valence-corrected chi connectivity index (χ4v) is 3.85. The molecule has 0 saturated heterocycles. The summed E-state index contributed by atoms with van der Waals surface area (Å²) in [6.07, 6.45) is 1.87. The zero-order valence-electron chi connectivity index (χ0n) is 15.3. The topological polar surface area (TPSA) is 81.4 Å². The van der Waals surface area contributed by atoms with Crippen molar-refractivity contribution in [3.05, 3.63) is 54.6 Å². The van der Waals surface area contributed by atoms with Gasteiger partial charge < -0.3 is 14.5 Å². The Labute approximate surface area is 159 Å². The molecule has 1 N–H and O–H groups in total. The first-order chi connectivity index (χ1) is 13.1. The average molecular weight is 386 g/mol. The van der Waals surface area contributed by atoms with E-state index < -0.39 is 9.84 Å². The van der Waals surface area contributed by atoms with Crippen molar-refractivity contribution in [2.45, 2.75) is 29.7 Å². The molecule has 0 amide bonds. The minimum absolute atomic E-state index is 0.101. The molecule has 3 aromatic rings. The average Bonchev–Trinajstić information content (AvgIpc) is 3.14. The Morgan fingerprint density at radius 2 is 1.78 bits per heavy atom. The number of hydrogen-bond donors (Lipinski definition) is 1. The van der Waals surface area contributed by atoms with Crippen LogP contribution in [-0.2, 0) is 9.84 Å². The van der Waals surface area contributed by atoms with Gasteiger partial charge in [-0.05, 0) is 42.8 Å². The van der Waals surface area contributed by atoms with Crippen molar-refractivity contribution in [2.24, 2.45) is 0 Å².